The first-order valence-corrected chi connectivity index (χ1v) is 11.8. The van der Waals surface area contributed by atoms with Gasteiger partial charge in [0.15, 0.2) is 0 Å². The minimum absolute atomic E-state index is 0.0112. The zero-order valence-corrected chi connectivity index (χ0v) is 19.6. The van der Waals surface area contributed by atoms with Gasteiger partial charge in [-0.2, -0.15) is 0 Å². The van der Waals surface area contributed by atoms with E-state index in [2.05, 4.69) is 5.32 Å². The molecule has 0 aliphatic carbocycles. The van der Waals surface area contributed by atoms with Gasteiger partial charge < -0.3 is 10.2 Å². The van der Waals surface area contributed by atoms with E-state index < -0.39 is 6.04 Å². The lowest BCUT2D eigenvalue weighted by Gasteiger charge is -2.32. The molecule has 2 amide bonds. The van der Waals surface area contributed by atoms with Crippen molar-refractivity contribution in [1.29, 1.82) is 0 Å². The second-order valence-electron chi connectivity index (χ2n) is 8.52. The number of carbonyl (C=O) groups excluding carboxylic acids is 2. The van der Waals surface area contributed by atoms with Crippen LogP contribution in [0.4, 0.5) is 0 Å². The van der Waals surface area contributed by atoms with Gasteiger partial charge in [-0.25, -0.2) is 0 Å². The van der Waals surface area contributed by atoms with Crippen molar-refractivity contribution in [2.24, 2.45) is 0 Å². The number of hydrogen-bond donors (Lipinski definition) is 1. The van der Waals surface area contributed by atoms with E-state index in [1.807, 2.05) is 105 Å². The predicted octanol–water partition coefficient (Wildman–Crippen LogP) is 5.17. The van der Waals surface area contributed by atoms with Gasteiger partial charge in [0.05, 0.1) is 0 Å². The van der Waals surface area contributed by atoms with E-state index in [-0.39, 0.29) is 17.9 Å². The number of aryl methyl sites for hydroxylation is 1. The second kappa shape index (κ2) is 12.6. The van der Waals surface area contributed by atoms with Crippen molar-refractivity contribution < 1.29 is 9.59 Å². The Morgan fingerprint density at radius 2 is 1.30 bits per heavy atom. The molecule has 0 aliphatic heterocycles. The third-order valence-electron chi connectivity index (χ3n) is 5.94. The molecule has 1 N–H and O–H groups in total. The van der Waals surface area contributed by atoms with Crippen molar-refractivity contribution in [3.63, 3.8) is 0 Å². The number of hydrogen-bond acceptors (Lipinski definition) is 2. The summed E-state index contributed by atoms with van der Waals surface area (Å²) in [5.41, 5.74) is 3.17. The van der Waals surface area contributed by atoms with E-state index in [0.717, 1.165) is 23.1 Å². The molecule has 4 heteroatoms. The van der Waals surface area contributed by atoms with Crippen LogP contribution in [0.25, 0.3) is 0 Å². The van der Waals surface area contributed by atoms with Crippen molar-refractivity contribution in [1.82, 2.24) is 10.2 Å². The minimum atomic E-state index is -0.579. The minimum Gasteiger partial charge on any atom is -0.352 e. The first kappa shape index (κ1) is 24.2. The molecule has 0 fully saturated rings. The zero-order chi connectivity index (χ0) is 23.5. The maximum absolute atomic E-state index is 13.6. The topological polar surface area (TPSA) is 49.4 Å². The number of amides is 2. The average molecular weight is 443 g/mol. The Morgan fingerprint density at radius 1 is 0.788 bits per heavy atom. The molecule has 4 nitrogen and oxygen atoms in total. The van der Waals surface area contributed by atoms with Crippen molar-refractivity contribution in [3.8, 4) is 0 Å². The fourth-order valence-corrected chi connectivity index (χ4v) is 3.81. The highest BCUT2D eigenvalue weighted by atomic mass is 16.2. The molecule has 3 rings (SSSR count). The van der Waals surface area contributed by atoms with Gasteiger partial charge in [0.25, 0.3) is 0 Å². The predicted molar refractivity (Wildman–Crippen MR) is 134 cm³/mol. The van der Waals surface area contributed by atoms with Gasteiger partial charge in [-0.05, 0) is 36.5 Å². The van der Waals surface area contributed by atoms with Crippen LogP contribution in [0, 0.1) is 0 Å². The van der Waals surface area contributed by atoms with Crippen LogP contribution in [0.15, 0.2) is 91.0 Å². The van der Waals surface area contributed by atoms with E-state index in [1.165, 1.54) is 0 Å². The summed E-state index contributed by atoms with van der Waals surface area (Å²) in [5.74, 6) is -0.111. The second-order valence-corrected chi connectivity index (χ2v) is 8.52. The van der Waals surface area contributed by atoms with E-state index in [4.69, 9.17) is 0 Å². The summed E-state index contributed by atoms with van der Waals surface area (Å²) < 4.78 is 0. The Balaban J connectivity index is 1.88. The van der Waals surface area contributed by atoms with Crippen LogP contribution in [0.2, 0.25) is 0 Å². The Kier molecular flexibility index (Phi) is 9.25. The van der Waals surface area contributed by atoms with Gasteiger partial charge >= 0.3 is 0 Å². The summed E-state index contributed by atoms with van der Waals surface area (Å²) in [7, 11) is 0. The molecule has 0 bridgehead atoms. The van der Waals surface area contributed by atoms with Crippen molar-refractivity contribution in [2.75, 3.05) is 0 Å². The summed E-state index contributed by atoms with van der Waals surface area (Å²) in [4.78, 5) is 28.7. The smallest absolute Gasteiger partial charge is 0.243 e. The average Bonchev–Trinajstić information content (AvgIpc) is 2.86. The molecule has 33 heavy (non-hydrogen) atoms. The van der Waals surface area contributed by atoms with Crippen molar-refractivity contribution >= 4 is 11.8 Å². The Labute approximate surface area is 197 Å². The highest BCUT2D eigenvalue weighted by molar-refractivity contribution is 5.88. The third-order valence-corrected chi connectivity index (χ3v) is 5.94. The molecule has 0 saturated heterocycles. The standard InChI is InChI=1S/C29H34N2O2/c1-3-23(2)30-29(33)27(21-25-15-9-5-10-16-25)31(22-26-17-11-6-12-18-26)28(32)20-19-24-13-7-4-8-14-24/h4-18,23,27H,3,19-22H2,1-2H3,(H,30,33)/t23-,27-/m1/s1. The fraction of sp³-hybridized carbons (Fsp3) is 0.310. The van der Waals surface area contributed by atoms with Gasteiger partial charge in [0.1, 0.15) is 6.04 Å². The molecule has 172 valence electrons. The quantitative estimate of drug-likeness (QED) is 0.445. The van der Waals surface area contributed by atoms with Gasteiger partial charge in [0, 0.05) is 25.4 Å². The lowest BCUT2D eigenvalue weighted by molar-refractivity contribution is -0.141. The number of nitrogens with one attached hydrogen (secondary N) is 1. The Hall–Kier alpha value is -3.40. The third kappa shape index (κ3) is 7.60. The van der Waals surface area contributed by atoms with E-state index in [9.17, 15) is 9.59 Å². The normalized spacial score (nSPS) is 12.5. The van der Waals surface area contributed by atoms with E-state index in [1.54, 1.807) is 4.90 Å². The van der Waals surface area contributed by atoms with Gasteiger partial charge in [0.2, 0.25) is 11.8 Å². The summed E-state index contributed by atoms with van der Waals surface area (Å²) in [6.07, 6.45) is 2.33. The SMILES string of the molecule is CC[C@@H](C)NC(=O)[C@@H](Cc1ccccc1)N(Cc1ccccc1)C(=O)CCc1ccccc1. The lowest BCUT2D eigenvalue weighted by Crippen LogP contribution is -2.52. The fourth-order valence-electron chi connectivity index (χ4n) is 3.81. The summed E-state index contributed by atoms with van der Waals surface area (Å²) in [5, 5.41) is 3.11. The van der Waals surface area contributed by atoms with Crippen LogP contribution in [0.3, 0.4) is 0 Å². The van der Waals surface area contributed by atoms with Crippen LogP contribution in [0.1, 0.15) is 43.4 Å². The van der Waals surface area contributed by atoms with Crippen LogP contribution in [0.5, 0.6) is 0 Å². The molecule has 0 spiro atoms. The molecule has 3 aromatic carbocycles. The first-order chi connectivity index (χ1) is 16.1. The molecule has 3 aromatic rings. The highest BCUT2D eigenvalue weighted by Crippen LogP contribution is 2.17. The van der Waals surface area contributed by atoms with Crippen LogP contribution in [-0.4, -0.2) is 28.8 Å². The van der Waals surface area contributed by atoms with Gasteiger partial charge in [-0.1, -0.05) is 97.9 Å². The van der Waals surface area contributed by atoms with Crippen molar-refractivity contribution in [3.05, 3.63) is 108 Å². The maximum Gasteiger partial charge on any atom is 0.243 e. The first-order valence-electron chi connectivity index (χ1n) is 11.8. The molecule has 0 heterocycles. The Bertz CT molecular complexity index is 990. The largest absolute Gasteiger partial charge is 0.352 e. The number of benzene rings is 3. The summed E-state index contributed by atoms with van der Waals surface area (Å²) >= 11 is 0. The molecule has 0 aliphatic rings. The van der Waals surface area contributed by atoms with Crippen molar-refractivity contribution in [2.45, 2.75) is 58.2 Å². The van der Waals surface area contributed by atoms with E-state index >= 15 is 0 Å². The van der Waals surface area contributed by atoms with E-state index in [0.29, 0.717) is 25.8 Å². The lowest BCUT2D eigenvalue weighted by atomic mass is 10.0. The van der Waals surface area contributed by atoms with Gasteiger partial charge in [-0.3, -0.25) is 9.59 Å². The van der Waals surface area contributed by atoms with Gasteiger partial charge in [-0.15, -0.1) is 0 Å². The molecule has 0 unspecified atom stereocenters. The maximum atomic E-state index is 13.6. The number of carbonyl (C=O) groups is 2. The molecule has 0 radical (unpaired) electrons. The monoisotopic (exact) mass is 442 g/mol. The molecular formula is C29H34N2O2. The molecule has 0 aromatic heterocycles. The molecular weight excluding hydrogens is 408 g/mol. The number of nitrogens with zero attached hydrogens (tertiary/aromatic N) is 1. The van der Waals surface area contributed by atoms with Crippen LogP contribution < -0.4 is 5.32 Å². The molecule has 2 atom stereocenters. The summed E-state index contributed by atoms with van der Waals surface area (Å²) in [6.45, 7) is 4.44. The zero-order valence-electron chi connectivity index (χ0n) is 19.6. The summed E-state index contributed by atoms with van der Waals surface area (Å²) in [6, 6.07) is 29.3. The van der Waals surface area contributed by atoms with Crippen LogP contribution >= 0.6 is 0 Å². The van der Waals surface area contributed by atoms with Crippen LogP contribution in [-0.2, 0) is 29.0 Å². The Morgan fingerprint density at radius 3 is 1.85 bits per heavy atom. The number of rotatable bonds is 11. The highest BCUT2D eigenvalue weighted by Gasteiger charge is 2.30. The molecule has 0 saturated carbocycles.